The lowest BCUT2D eigenvalue weighted by Gasteiger charge is -2.33. The second-order valence-electron chi connectivity index (χ2n) is 5.87. The van der Waals surface area contributed by atoms with Gasteiger partial charge in [0.15, 0.2) is 0 Å². The fourth-order valence-corrected chi connectivity index (χ4v) is 2.15. The van der Waals surface area contributed by atoms with Crippen LogP contribution in [0.1, 0.15) is 44.5 Å². The quantitative estimate of drug-likeness (QED) is 0.840. The third-order valence-corrected chi connectivity index (χ3v) is 2.39. The second-order valence-corrected chi connectivity index (χ2v) is 5.87. The average molecular weight is 234 g/mol. The van der Waals surface area contributed by atoms with Crippen LogP contribution in [0.25, 0.3) is 0 Å². The number of benzene rings is 1. The number of nitrogens with one attached hydrogen (secondary N) is 1. The van der Waals surface area contributed by atoms with E-state index in [-0.39, 0.29) is 17.0 Å². The Kier molecular flexibility index (Phi) is 3.94. The summed E-state index contributed by atoms with van der Waals surface area (Å²) >= 11 is 0. The molecule has 0 radical (unpaired) electrons. The molecular weight excluding hydrogens is 212 g/mol. The highest BCUT2D eigenvalue weighted by atomic mass is 16.1. The van der Waals surface area contributed by atoms with Gasteiger partial charge in [0.1, 0.15) is 0 Å². The summed E-state index contributed by atoms with van der Waals surface area (Å²) in [6.45, 7) is 7.90. The van der Waals surface area contributed by atoms with Crippen molar-refractivity contribution in [3.05, 3.63) is 35.9 Å². The Labute approximate surface area is 103 Å². The van der Waals surface area contributed by atoms with E-state index in [9.17, 15) is 4.79 Å². The largest absolute Gasteiger partial charge is 0.347 e. The van der Waals surface area contributed by atoms with Crippen LogP contribution in [0.4, 0.5) is 0 Å². The number of hydrogen-bond donors (Lipinski definition) is 2. The van der Waals surface area contributed by atoms with Crippen molar-refractivity contribution in [1.29, 1.82) is 0 Å². The minimum atomic E-state index is -0.314. The molecule has 3 nitrogen and oxygen atoms in total. The molecule has 1 aromatic carbocycles. The van der Waals surface area contributed by atoms with Crippen molar-refractivity contribution in [3.63, 3.8) is 0 Å². The zero-order valence-electron chi connectivity index (χ0n) is 11.1. The first-order valence-electron chi connectivity index (χ1n) is 5.86. The molecule has 94 valence electrons. The Morgan fingerprint density at radius 2 is 1.71 bits per heavy atom. The minimum Gasteiger partial charge on any atom is -0.347 e. The molecule has 1 rings (SSSR count). The summed E-state index contributed by atoms with van der Waals surface area (Å²) in [6, 6.07) is 9.21. The molecule has 3 heteroatoms. The molecule has 0 saturated carbocycles. The van der Waals surface area contributed by atoms with Crippen LogP contribution in [0, 0.1) is 0 Å². The summed E-state index contributed by atoms with van der Waals surface area (Å²) in [5.41, 5.74) is 6.05. The molecule has 0 unspecified atom stereocenters. The van der Waals surface area contributed by atoms with E-state index >= 15 is 0 Å². The molecule has 0 bridgehead atoms. The van der Waals surface area contributed by atoms with Gasteiger partial charge in [-0.2, -0.15) is 0 Å². The van der Waals surface area contributed by atoms with E-state index in [0.29, 0.717) is 5.56 Å². The molecule has 3 N–H and O–H groups in total. The summed E-state index contributed by atoms with van der Waals surface area (Å²) < 4.78 is 0. The van der Waals surface area contributed by atoms with Crippen LogP contribution in [-0.4, -0.2) is 17.0 Å². The predicted molar refractivity (Wildman–Crippen MR) is 70.9 cm³/mol. The number of carbonyl (C=O) groups is 1. The summed E-state index contributed by atoms with van der Waals surface area (Å²) in [5, 5.41) is 3.01. The minimum absolute atomic E-state index is 0.0557. The van der Waals surface area contributed by atoms with Gasteiger partial charge >= 0.3 is 0 Å². The van der Waals surface area contributed by atoms with Crippen molar-refractivity contribution in [2.45, 2.75) is 45.2 Å². The van der Waals surface area contributed by atoms with Crippen molar-refractivity contribution >= 4 is 5.91 Å². The van der Waals surface area contributed by atoms with Crippen molar-refractivity contribution < 1.29 is 4.79 Å². The number of hydrogen-bond acceptors (Lipinski definition) is 2. The fraction of sp³-hybridized carbons (Fsp3) is 0.500. The molecule has 0 aliphatic rings. The second kappa shape index (κ2) is 4.88. The first kappa shape index (κ1) is 13.7. The molecule has 0 fully saturated rings. The van der Waals surface area contributed by atoms with E-state index in [4.69, 9.17) is 5.73 Å². The van der Waals surface area contributed by atoms with Crippen LogP contribution in [-0.2, 0) is 0 Å². The van der Waals surface area contributed by atoms with Gasteiger partial charge in [0.05, 0.1) is 0 Å². The maximum atomic E-state index is 12.0. The number of amides is 1. The maximum Gasteiger partial charge on any atom is 0.251 e. The van der Waals surface area contributed by atoms with Gasteiger partial charge in [0.2, 0.25) is 0 Å². The van der Waals surface area contributed by atoms with E-state index in [2.05, 4.69) is 5.32 Å². The van der Waals surface area contributed by atoms with Crippen LogP contribution in [0.2, 0.25) is 0 Å². The zero-order chi connectivity index (χ0) is 13.1. The summed E-state index contributed by atoms with van der Waals surface area (Å²) in [5.74, 6) is -0.0557. The highest BCUT2D eigenvalue weighted by molar-refractivity contribution is 5.94. The monoisotopic (exact) mass is 234 g/mol. The highest BCUT2D eigenvalue weighted by Gasteiger charge is 2.27. The number of nitrogens with two attached hydrogens (primary N) is 1. The topological polar surface area (TPSA) is 55.1 Å². The first-order chi connectivity index (χ1) is 7.70. The van der Waals surface area contributed by atoms with E-state index in [1.807, 2.05) is 45.9 Å². The molecule has 17 heavy (non-hydrogen) atoms. The molecular formula is C14H22N2O. The first-order valence-corrected chi connectivity index (χ1v) is 5.86. The molecule has 0 heterocycles. The van der Waals surface area contributed by atoms with E-state index in [1.165, 1.54) is 0 Å². The van der Waals surface area contributed by atoms with Crippen LogP contribution < -0.4 is 11.1 Å². The van der Waals surface area contributed by atoms with E-state index in [1.54, 1.807) is 12.1 Å². The average Bonchev–Trinajstić information content (AvgIpc) is 2.14. The predicted octanol–water partition coefficient (Wildman–Crippen LogP) is 2.32. The van der Waals surface area contributed by atoms with Gasteiger partial charge in [0, 0.05) is 16.6 Å². The van der Waals surface area contributed by atoms with Crippen molar-refractivity contribution in [2.24, 2.45) is 5.73 Å². The summed E-state index contributed by atoms with van der Waals surface area (Å²) in [6.07, 6.45) is 0.721. The van der Waals surface area contributed by atoms with Crippen LogP contribution >= 0.6 is 0 Å². The van der Waals surface area contributed by atoms with Gasteiger partial charge in [-0.25, -0.2) is 0 Å². The Hall–Kier alpha value is -1.35. The number of carbonyl (C=O) groups excluding carboxylic acids is 1. The van der Waals surface area contributed by atoms with E-state index < -0.39 is 0 Å². The Morgan fingerprint density at radius 3 is 2.18 bits per heavy atom. The van der Waals surface area contributed by atoms with Gasteiger partial charge in [0.25, 0.3) is 5.91 Å². The smallest absolute Gasteiger partial charge is 0.251 e. The summed E-state index contributed by atoms with van der Waals surface area (Å²) in [7, 11) is 0. The molecule has 0 aromatic heterocycles. The van der Waals surface area contributed by atoms with Gasteiger partial charge in [-0.15, -0.1) is 0 Å². The van der Waals surface area contributed by atoms with Gasteiger partial charge in [-0.05, 0) is 46.2 Å². The third kappa shape index (κ3) is 5.00. The van der Waals surface area contributed by atoms with Crippen molar-refractivity contribution in [3.8, 4) is 0 Å². The lowest BCUT2D eigenvalue weighted by Crippen LogP contribution is -2.50. The molecule has 0 atom stereocenters. The third-order valence-electron chi connectivity index (χ3n) is 2.39. The molecule has 0 spiro atoms. The standard InChI is InChI=1S/C14H22N2O/c1-13(2,15)10-14(3,4)16-12(17)11-8-6-5-7-9-11/h5-9H,10,15H2,1-4H3,(H,16,17). The van der Waals surface area contributed by atoms with E-state index in [0.717, 1.165) is 6.42 Å². The van der Waals surface area contributed by atoms with Gasteiger partial charge in [-0.1, -0.05) is 18.2 Å². The van der Waals surface area contributed by atoms with Crippen molar-refractivity contribution in [1.82, 2.24) is 5.32 Å². The lowest BCUT2D eigenvalue weighted by atomic mass is 9.87. The van der Waals surface area contributed by atoms with Crippen LogP contribution in [0.5, 0.6) is 0 Å². The van der Waals surface area contributed by atoms with Gasteiger partial charge in [-0.3, -0.25) is 4.79 Å². The normalized spacial score (nSPS) is 12.3. The lowest BCUT2D eigenvalue weighted by molar-refractivity contribution is 0.0901. The van der Waals surface area contributed by atoms with Crippen LogP contribution in [0.3, 0.4) is 0 Å². The number of rotatable bonds is 4. The molecule has 0 aliphatic carbocycles. The zero-order valence-corrected chi connectivity index (χ0v) is 11.1. The molecule has 1 aromatic rings. The fourth-order valence-electron chi connectivity index (χ4n) is 2.15. The Balaban J connectivity index is 2.69. The van der Waals surface area contributed by atoms with Gasteiger partial charge < -0.3 is 11.1 Å². The maximum absolute atomic E-state index is 12.0. The Bertz CT molecular complexity index is 377. The summed E-state index contributed by atoms with van der Waals surface area (Å²) in [4.78, 5) is 12.0. The Morgan fingerprint density at radius 1 is 1.18 bits per heavy atom. The molecule has 0 aliphatic heterocycles. The SMILES string of the molecule is CC(C)(N)CC(C)(C)NC(=O)c1ccccc1. The van der Waals surface area contributed by atoms with Crippen LogP contribution in [0.15, 0.2) is 30.3 Å². The molecule has 1 amide bonds. The highest BCUT2D eigenvalue weighted by Crippen LogP contribution is 2.18. The van der Waals surface area contributed by atoms with Crippen molar-refractivity contribution in [2.75, 3.05) is 0 Å². The molecule has 0 saturated heterocycles.